The summed E-state index contributed by atoms with van der Waals surface area (Å²) in [6, 6.07) is 3.82. The fourth-order valence-electron chi connectivity index (χ4n) is 3.58. The van der Waals surface area contributed by atoms with Crippen molar-refractivity contribution in [2.24, 2.45) is 0 Å². The number of methoxy groups -OCH3 is 2. The van der Waals surface area contributed by atoms with Gasteiger partial charge in [-0.1, -0.05) is 0 Å². The van der Waals surface area contributed by atoms with Gasteiger partial charge in [-0.25, -0.2) is 0 Å². The molecule has 2 aromatic rings. The summed E-state index contributed by atoms with van der Waals surface area (Å²) in [4.78, 5) is 26.9. The van der Waals surface area contributed by atoms with Gasteiger partial charge in [0.1, 0.15) is 6.54 Å². The Morgan fingerprint density at radius 3 is 2.47 bits per heavy atom. The Morgan fingerprint density at radius 2 is 1.87 bits per heavy atom. The van der Waals surface area contributed by atoms with Crippen LogP contribution in [0.3, 0.4) is 0 Å². The molecule has 0 unspecified atom stereocenters. The first-order valence-corrected chi connectivity index (χ1v) is 9.83. The van der Waals surface area contributed by atoms with E-state index in [2.05, 4.69) is 10.4 Å². The van der Waals surface area contributed by atoms with Crippen LogP contribution in [0.25, 0.3) is 6.08 Å². The summed E-state index contributed by atoms with van der Waals surface area (Å²) >= 11 is 0. The normalized spacial score (nSPS) is 13.3. The molecule has 1 aromatic heterocycles. The fourth-order valence-corrected chi connectivity index (χ4v) is 3.58. The average Bonchev–Trinajstić information content (AvgIpc) is 2.89. The molecule has 0 bridgehead atoms. The van der Waals surface area contributed by atoms with Gasteiger partial charge < -0.3 is 19.7 Å². The highest BCUT2D eigenvalue weighted by molar-refractivity contribution is 5.96. The number of rotatable bonds is 6. The minimum absolute atomic E-state index is 0.0800. The van der Waals surface area contributed by atoms with Crippen LogP contribution in [-0.2, 0) is 16.0 Å². The molecule has 1 aromatic carbocycles. The van der Waals surface area contributed by atoms with E-state index in [0.717, 1.165) is 22.5 Å². The maximum absolute atomic E-state index is 12.8. The summed E-state index contributed by atoms with van der Waals surface area (Å²) < 4.78 is 12.5. The van der Waals surface area contributed by atoms with E-state index in [1.54, 1.807) is 26.5 Å². The molecule has 8 nitrogen and oxygen atoms in total. The van der Waals surface area contributed by atoms with E-state index >= 15 is 0 Å². The largest absolute Gasteiger partial charge is 0.493 e. The Kier molecular flexibility index (Phi) is 6.14. The predicted octanol–water partition coefficient (Wildman–Crippen LogP) is 3.09. The van der Waals surface area contributed by atoms with Crippen molar-refractivity contribution < 1.29 is 19.1 Å². The van der Waals surface area contributed by atoms with Gasteiger partial charge in [-0.15, -0.1) is 0 Å². The zero-order valence-corrected chi connectivity index (χ0v) is 18.3. The van der Waals surface area contributed by atoms with Crippen LogP contribution in [0.4, 0.5) is 5.69 Å². The third kappa shape index (κ3) is 4.17. The molecule has 1 N–H and O–H groups in total. The van der Waals surface area contributed by atoms with Crippen LogP contribution < -0.4 is 14.8 Å². The van der Waals surface area contributed by atoms with Crippen LogP contribution in [-0.4, -0.2) is 47.3 Å². The van der Waals surface area contributed by atoms with Gasteiger partial charge in [0.05, 0.1) is 37.7 Å². The number of hydrogen-bond donors (Lipinski definition) is 1. The number of hydrogen-bond acceptors (Lipinski definition) is 5. The summed E-state index contributed by atoms with van der Waals surface area (Å²) in [5, 5.41) is 7.39. The molecular formula is C22H28N4O4. The monoisotopic (exact) mass is 412 g/mol. The molecule has 1 aliphatic heterocycles. The van der Waals surface area contributed by atoms with Gasteiger partial charge in [0.25, 0.3) is 0 Å². The van der Waals surface area contributed by atoms with Gasteiger partial charge in [-0.3, -0.25) is 14.3 Å². The van der Waals surface area contributed by atoms with E-state index in [4.69, 9.17) is 9.47 Å². The van der Waals surface area contributed by atoms with E-state index in [1.807, 2.05) is 44.5 Å². The molecular weight excluding hydrogens is 384 g/mol. The summed E-state index contributed by atoms with van der Waals surface area (Å²) in [5.41, 5.74) is 4.01. The van der Waals surface area contributed by atoms with Crippen molar-refractivity contribution >= 4 is 23.6 Å². The zero-order chi connectivity index (χ0) is 22.0. The summed E-state index contributed by atoms with van der Waals surface area (Å²) in [7, 11) is 3.12. The van der Waals surface area contributed by atoms with Crippen molar-refractivity contribution in [1.82, 2.24) is 14.7 Å². The van der Waals surface area contributed by atoms with Crippen LogP contribution in [0.1, 0.15) is 42.4 Å². The molecule has 0 aliphatic carbocycles. The maximum Gasteiger partial charge on any atom is 0.244 e. The summed E-state index contributed by atoms with van der Waals surface area (Å²) in [6.45, 7) is 7.77. The smallest absolute Gasteiger partial charge is 0.244 e. The Balaban J connectivity index is 1.76. The number of aryl methyl sites for hydroxylation is 1. The van der Waals surface area contributed by atoms with E-state index < -0.39 is 0 Å². The Labute approximate surface area is 176 Å². The number of amides is 2. The second-order valence-corrected chi connectivity index (χ2v) is 7.55. The standard InChI is InChI=1S/C22H28N4O4/c1-13(2)26-15(4)22(14(3)24-26)23-20(27)12-25-8-7-16-9-18(29-5)19(30-6)10-17(16)11-21(25)28/h7-10,13H,11-12H2,1-6H3,(H,23,27). The second kappa shape index (κ2) is 8.61. The van der Waals surface area contributed by atoms with E-state index in [9.17, 15) is 9.59 Å². The second-order valence-electron chi connectivity index (χ2n) is 7.55. The molecule has 0 saturated heterocycles. The maximum atomic E-state index is 12.8. The molecule has 1 aliphatic rings. The molecule has 160 valence electrons. The van der Waals surface area contributed by atoms with Gasteiger partial charge in [0, 0.05) is 12.2 Å². The van der Waals surface area contributed by atoms with Crippen molar-refractivity contribution in [1.29, 1.82) is 0 Å². The molecule has 2 heterocycles. The number of carbonyl (C=O) groups is 2. The van der Waals surface area contributed by atoms with Crippen molar-refractivity contribution in [2.75, 3.05) is 26.1 Å². The lowest BCUT2D eigenvalue weighted by atomic mass is 10.0. The van der Waals surface area contributed by atoms with Crippen LogP contribution in [0.15, 0.2) is 18.3 Å². The topological polar surface area (TPSA) is 85.7 Å². The number of fused-ring (bicyclic) bond motifs is 1. The summed E-state index contributed by atoms with van der Waals surface area (Å²) in [6.07, 6.45) is 3.61. The van der Waals surface area contributed by atoms with Gasteiger partial charge in [-0.2, -0.15) is 5.10 Å². The SMILES string of the molecule is COc1cc2c(cc1OC)CC(=O)N(CC(=O)Nc1c(C)nn(C(C)C)c1C)C=C2. The van der Waals surface area contributed by atoms with Crippen molar-refractivity contribution in [3.8, 4) is 11.5 Å². The van der Waals surface area contributed by atoms with Gasteiger partial charge >= 0.3 is 0 Å². The number of carbonyl (C=O) groups excluding carboxylic acids is 2. The minimum Gasteiger partial charge on any atom is -0.493 e. The van der Waals surface area contributed by atoms with E-state index in [0.29, 0.717) is 17.2 Å². The Bertz CT molecular complexity index is 1010. The first-order valence-electron chi connectivity index (χ1n) is 9.83. The molecule has 3 rings (SSSR count). The van der Waals surface area contributed by atoms with Crippen LogP contribution in [0.5, 0.6) is 11.5 Å². The first-order chi connectivity index (χ1) is 14.2. The van der Waals surface area contributed by atoms with Gasteiger partial charge in [0.15, 0.2) is 11.5 Å². The third-order valence-corrected chi connectivity index (χ3v) is 5.13. The quantitative estimate of drug-likeness (QED) is 0.788. The lowest BCUT2D eigenvalue weighted by molar-refractivity contribution is -0.131. The highest BCUT2D eigenvalue weighted by Crippen LogP contribution is 2.32. The molecule has 0 spiro atoms. The minimum atomic E-state index is -0.274. The van der Waals surface area contributed by atoms with Crippen LogP contribution in [0.2, 0.25) is 0 Å². The Hall–Kier alpha value is -3.29. The lowest BCUT2D eigenvalue weighted by Gasteiger charge is -2.17. The Morgan fingerprint density at radius 1 is 1.20 bits per heavy atom. The number of aromatic nitrogens is 2. The predicted molar refractivity (Wildman–Crippen MR) is 115 cm³/mol. The van der Waals surface area contributed by atoms with Crippen molar-refractivity contribution in [3.05, 3.63) is 40.8 Å². The van der Waals surface area contributed by atoms with E-state index in [-0.39, 0.29) is 30.8 Å². The highest BCUT2D eigenvalue weighted by atomic mass is 16.5. The molecule has 0 atom stereocenters. The first kappa shape index (κ1) is 21.4. The molecule has 0 saturated carbocycles. The van der Waals surface area contributed by atoms with Crippen LogP contribution in [0, 0.1) is 13.8 Å². The van der Waals surface area contributed by atoms with Crippen molar-refractivity contribution in [2.45, 2.75) is 40.2 Å². The average molecular weight is 412 g/mol. The molecule has 2 amide bonds. The molecule has 0 fully saturated rings. The zero-order valence-electron chi connectivity index (χ0n) is 18.3. The molecule has 8 heteroatoms. The molecule has 0 radical (unpaired) electrons. The van der Waals surface area contributed by atoms with Gasteiger partial charge in [0.2, 0.25) is 11.8 Å². The number of nitrogens with zero attached hydrogens (tertiary/aromatic N) is 3. The number of nitrogens with one attached hydrogen (secondary N) is 1. The highest BCUT2D eigenvalue weighted by Gasteiger charge is 2.23. The van der Waals surface area contributed by atoms with Crippen molar-refractivity contribution in [3.63, 3.8) is 0 Å². The summed E-state index contributed by atoms with van der Waals surface area (Å²) in [5.74, 6) is 0.715. The number of ether oxygens (including phenoxy) is 2. The molecule has 30 heavy (non-hydrogen) atoms. The van der Waals surface area contributed by atoms with E-state index in [1.165, 1.54) is 4.90 Å². The lowest BCUT2D eigenvalue weighted by Crippen LogP contribution is -2.34. The van der Waals surface area contributed by atoms with Crippen LogP contribution >= 0.6 is 0 Å². The van der Waals surface area contributed by atoms with Gasteiger partial charge in [-0.05, 0) is 57.0 Å². The number of benzene rings is 1. The fraction of sp³-hybridized carbons (Fsp3) is 0.409. The number of anilines is 1. The third-order valence-electron chi connectivity index (χ3n) is 5.13.